The van der Waals surface area contributed by atoms with Crippen molar-refractivity contribution in [1.29, 1.82) is 5.26 Å². The zero-order valence-corrected chi connectivity index (χ0v) is 12.2. The number of hydrogen-bond donors (Lipinski definition) is 2. The first-order chi connectivity index (χ1) is 8.52. The summed E-state index contributed by atoms with van der Waals surface area (Å²) in [5, 5.41) is 12.4. The van der Waals surface area contributed by atoms with Crippen LogP contribution >= 0.6 is 27.3 Å². The number of nitrogens with zero attached hydrogens (tertiary/aromatic N) is 1. The molecule has 2 aromatic heterocycles. The van der Waals surface area contributed by atoms with Crippen molar-refractivity contribution in [1.82, 2.24) is 4.98 Å². The van der Waals surface area contributed by atoms with Gasteiger partial charge in [-0.05, 0) is 41.4 Å². The molecule has 0 atom stereocenters. The van der Waals surface area contributed by atoms with Crippen LogP contribution in [0.5, 0.6) is 0 Å². The standard InChI is InChI=1S/C12H10BrN3OS/c1-6-7(2)18-12(9(6)4-14)16-11(17)10-3-8(13)5-15-10/h3,5,15H,1-2H3,(H,16,17). The molecule has 0 radical (unpaired) electrons. The minimum absolute atomic E-state index is 0.251. The van der Waals surface area contributed by atoms with Crippen LogP contribution in [0, 0.1) is 25.2 Å². The van der Waals surface area contributed by atoms with E-state index < -0.39 is 0 Å². The van der Waals surface area contributed by atoms with Gasteiger partial charge in [-0.1, -0.05) is 0 Å². The zero-order chi connectivity index (χ0) is 13.3. The number of carbonyl (C=O) groups excluding carboxylic acids is 1. The molecule has 0 fully saturated rings. The predicted octanol–water partition coefficient (Wildman–Crippen LogP) is 3.58. The average Bonchev–Trinajstić information content (AvgIpc) is 2.85. The number of thiophene rings is 1. The van der Waals surface area contributed by atoms with Crippen LogP contribution in [0.2, 0.25) is 0 Å². The first-order valence-electron chi connectivity index (χ1n) is 5.18. The van der Waals surface area contributed by atoms with Gasteiger partial charge in [0.1, 0.15) is 16.8 Å². The van der Waals surface area contributed by atoms with E-state index in [1.54, 1.807) is 12.3 Å². The Bertz CT molecular complexity index is 651. The Hall–Kier alpha value is -1.58. The van der Waals surface area contributed by atoms with E-state index in [1.165, 1.54) is 11.3 Å². The van der Waals surface area contributed by atoms with Gasteiger partial charge in [0, 0.05) is 15.5 Å². The molecular formula is C12H10BrN3OS. The highest BCUT2D eigenvalue weighted by molar-refractivity contribution is 9.10. The molecule has 0 unspecified atom stereocenters. The van der Waals surface area contributed by atoms with E-state index in [2.05, 4.69) is 32.3 Å². The first-order valence-corrected chi connectivity index (χ1v) is 6.79. The summed E-state index contributed by atoms with van der Waals surface area (Å²) in [4.78, 5) is 15.8. The van der Waals surface area contributed by atoms with Gasteiger partial charge < -0.3 is 10.3 Å². The van der Waals surface area contributed by atoms with Crippen LogP contribution in [0.3, 0.4) is 0 Å². The van der Waals surface area contributed by atoms with E-state index >= 15 is 0 Å². The molecule has 0 saturated carbocycles. The van der Waals surface area contributed by atoms with E-state index in [0.717, 1.165) is 14.9 Å². The van der Waals surface area contributed by atoms with Crippen molar-refractivity contribution in [3.63, 3.8) is 0 Å². The first kappa shape index (κ1) is 12.9. The fraction of sp³-hybridized carbons (Fsp3) is 0.167. The van der Waals surface area contributed by atoms with Crippen molar-refractivity contribution in [2.24, 2.45) is 0 Å². The molecule has 2 rings (SSSR count). The summed E-state index contributed by atoms with van der Waals surface area (Å²) >= 11 is 4.68. The molecule has 0 aliphatic carbocycles. The summed E-state index contributed by atoms with van der Waals surface area (Å²) in [5.41, 5.74) is 1.91. The van der Waals surface area contributed by atoms with E-state index in [1.807, 2.05) is 13.8 Å². The zero-order valence-electron chi connectivity index (χ0n) is 9.80. The van der Waals surface area contributed by atoms with Crippen LogP contribution in [0.25, 0.3) is 0 Å². The fourth-order valence-electron chi connectivity index (χ4n) is 1.52. The molecule has 0 aliphatic heterocycles. The van der Waals surface area contributed by atoms with Gasteiger partial charge in [-0.15, -0.1) is 11.3 Å². The number of aromatic amines is 1. The molecule has 0 saturated heterocycles. The number of nitrogens with one attached hydrogen (secondary N) is 2. The summed E-state index contributed by atoms with van der Waals surface area (Å²) in [6.07, 6.45) is 1.69. The predicted molar refractivity (Wildman–Crippen MR) is 75.0 cm³/mol. The van der Waals surface area contributed by atoms with Crippen LogP contribution in [0.1, 0.15) is 26.5 Å². The lowest BCUT2D eigenvalue weighted by Crippen LogP contribution is -2.11. The highest BCUT2D eigenvalue weighted by atomic mass is 79.9. The van der Waals surface area contributed by atoms with Crippen LogP contribution in [0.4, 0.5) is 5.00 Å². The molecule has 92 valence electrons. The van der Waals surface area contributed by atoms with Gasteiger partial charge in [-0.2, -0.15) is 5.26 Å². The maximum absolute atomic E-state index is 12.0. The quantitative estimate of drug-likeness (QED) is 0.886. The third kappa shape index (κ3) is 2.33. The molecule has 0 aromatic carbocycles. The summed E-state index contributed by atoms with van der Waals surface area (Å²) < 4.78 is 0.812. The summed E-state index contributed by atoms with van der Waals surface area (Å²) in [7, 11) is 0. The van der Waals surface area contributed by atoms with Gasteiger partial charge in [0.2, 0.25) is 0 Å². The molecule has 18 heavy (non-hydrogen) atoms. The maximum atomic E-state index is 12.0. The maximum Gasteiger partial charge on any atom is 0.272 e. The van der Waals surface area contributed by atoms with Crippen LogP contribution in [0.15, 0.2) is 16.7 Å². The van der Waals surface area contributed by atoms with Crippen molar-refractivity contribution in [2.45, 2.75) is 13.8 Å². The van der Waals surface area contributed by atoms with Gasteiger partial charge in [-0.25, -0.2) is 0 Å². The Morgan fingerprint density at radius 3 is 2.83 bits per heavy atom. The number of amides is 1. The Morgan fingerprint density at radius 2 is 2.28 bits per heavy atom. The number of anilines is 1. The minimum atomic E-state index is -0.251. The van der Waals surface area contributed by atoms with E-state index in [-0.39, 0.29) is 5.91 Å². The summed E-state index contributed by atoms with van der Waals surface area (Å²) in [6.45, 7) is 3.81. The second-order valence-electron chi connectivity index (χ2n) is 3.78. The average molecular weight is 324 g/mol. The lowest BCUT2D eigenvalue weighted by Gasteiger charge is -2.00. The Morgan fingerprint density at radius 1 is 1.56 bits per heavy atom. The Kier molecular flexibility index (Phi) is 3.55. The van der Waals surface area contributed by atoms with Crippen molar-refractivity contribution in [2.75, 3.05) is 5.32 Å². The molecule has 0 aliphatic rings. The number of aryl methyl sites for hydroxylation is 1. The molecule has 1 amide bonds. The molecule has 2 heterocycles. The van der Waals surface area contributed by atoms with E-state index in [9.17, 15) is 4.79 Å². The fourth-order valence-corrected chi connectivity index (χ4v) is 2.87. The van der Waals surface area contributed by atoms with Crippen molar-refractivity contribution >= 4 is 38.2 Å². The third-order valence-electron chi connectivity index (χ3n) is 2.62. The smallest absolute Gasteiger partial charge is 0.272 e. The SMILES string of the molecule is Cc1sc(NC(=O)c2cc(Br)c[nH]2)c(C#N)c1C. The van der Waals surface area contributed by atoms with Gasteiger partial charge in [0.15, 0.2) is 0 Å². The van der Waals surface area contributed by atoms with Crippen molar-refractivity contribution in [3.8, 4) is 6.07 Å². The highest BCUT2D eigenvalue weighted by Crippen LogP contribution is 2.31. The summed E-state index contributed by atoms with van der Waals surface area (Å²) in [6, 6.07) is 3.81. The van der Waals surface area contributed by atoms with Crippen LogP contribution < -0.4 is 5.32 Å². The Labute approximate surface area is 117 Å². The Balaban J connectivity index is 2.28. The van der Waals surface area contributed by atoms with Crippen molar-refractivity contribution in [3.05, 3.63) is 38.4 Å². The third-order valence-corrected chi connectivity index (χ3v) is 4.20. The minimum Gasteiger partial charge on any atom is -0.356 e. The molecule has 4 nitrogen and oxygen atoms in total. The van der Waals surface area contributed by atoms with Gasteiger partial charge >= 0.3 is 0 Å². The second-order valence-corrected chi connectivity index (χ2v) is 5.93. The molecule has 0 spiro atoms. The lowest BCUT2D eigenvalue weighted by atomic mass is 10.2. The number of H-pyrrole nitrogens is 1. The second kappa shape index (κ2) is 4.96. The topological polar surface area (TPSA) is 68.7 Å². The molecule has 6 heteroatoms. The van der Waals surface area contributed by atoms with Crippen LogP contribution in [-0.4, -0.2) is 10.9 Å². The van der Waals surface area contributed by atoms with Gasteiger partial charge in [0.05, 0.1) is 5.56 Å². The highest BCUT2D eigenvalue weighted by Gasteiger charge is 2.16. The largest absolute Gasteiger partial charge is 0.356 e. The monoisotopic (exact) mass is 323 g/mol. The van der Waals surface area contributed by atoms with E-state index in [4.69, 9.17) is 5.26 Å². The van der Waals surface area contributed by atoms with E-state index in [0.29, 0.717) is 16.3 Å². The number of carbonyl (C=O) groups is 1. The number of halogens is 1. The van der Waals surface area contributed by atoms with Crippen LogP contribution in [-0.2, 0) is 0 Å². The lowest BCUT2D eigenvalue weighted by molar-refractivity contribution is 0.102. The van der Waals surface area contributed by atoms with Crippen molar-refractivity contribution < 1.29 is 4.79 Å². The normalized spacial score (nSPS) is 10.1. The molecule has 2 N–H and O–H groups in total. The number of hydrogen-bond acceptors (Lipinski definition) is 3. The van der Waals surface area contributed by atoms with Gasteiger partial charge in [-0.3, -0.25) is 4.79 Å². The molecule has 0 bridgehead atoms. The summed E-state index contributed by atoms with van der Waals surface area (Å²) in [5.74, 6) is -0.251. The number of rotatable bonds is 2. The number of aromatic nitrogens is 1. The molecular weight excluding hydrogens is 314 g/mol. The molecule has 2 aromatic rings. The number of nitriles is 1. The van der Waals surface area contributed by atoms with Gasteiger partial charge in [0.25, 0.3) is 5.91 Å².